The number of rotatable bonds is 7. The molecule has 0 spiro atoms. The predicted octanol–water partition coefficient (Wildman–Crippen LogP) is 2.81. The van der Waals surface area contributed by atoms with Gasteiger partial charge in [0.05, 0.1) is 0 Å². The van der Waals surface area contributed by atoms with E-state index in [9.17, 15) is 9.59 Å². The first kappa shape index (κ1) is 19.6. The molecule has 2 rings (SSSR count). The first-order valence-electron chi connectivity index (χ1n) is 8.82. The molecule has 1 fully saturated rings. The maximum absolute atomic E-state index is 12.1. The molecule has 0 radical (unpaired) electrons. The van der Waals surface area contributed by atoms with Crippen LogP contribution in [0.15, 0.2) is 18.2 Å². The Bertz CT molecular complexity index is 598. The van der Waals surface area contributed by atoms with Crippen molar-refractivity contribution < 1.29 is 14.3 Å². The van der Waals surface area contributed by atoms with Crippen molar-refractivity contribution in [2.45, 2.75) is 45.6 Å². The summed E-state index contributed by atoms with van der Waals surface area (Å²) in [5.74, 6) is 1.25. The summed E-state index contributed by atoms with van der Waals surface area (Å²) in [6.07, 6.45) is 2.78. The summed E-state index contributed by atoms with van der Waals surface area (Å²) >= 11 is 5.63. The highest BCUT2D eigenvalue weighted by atomic mass is 35.5. The molecule has 0 aliphatic carbocycles. The summed E-state index contributed by atoms with van der Waals surface area (Å²) < 4.78 is 5.56. The number of carbonyl (C=O) groups excluding carboxylic acids is 2. The molecule has 0 aromatic heterocycles. The van der Waals surface area contributed by atoms with Crippen molar-refractivity contribution in [2.75, 3.05) is 25.6 Å². The third-order valence-corrected chi connectivity index (χ3v) is 4.85. The molecule has 5 nitrogen and oxygen atoms in total. The normalized spacial score (nSPS) is 15.1. The fraction of sp³-hybridized carbons (Fsp3) is 0.579. The zero-order valence-corrected chi connectivity index (χ0v) is 15.8. The molecule has 2 amide bonds. The summed E-state index contributed by atoms with van der Waals surface area (Å²) in [5.41, 5.74) is 2.34. The van der Waals surface area contributed by atoms with Crippen LogP contribution in [0.1, 0.15) is 36.8 Å². The number of piperidine rings is 1. The molecule has 0 bridgehead atoms. The highest BCUT2D eigenvalue weighted by Crippen LogP contribution is 2.16. The third kappa shape index (κ3) is 6.24. The van der Waals surface area contributed by atoms with Gasteiger partial charge in [-0.25, -0.2) is 0 Å². The highest BCUT2D eigenvalue weighted by molar-refractivity contribution is 6.17. The molecule has 1 aromatic carbocycles. The van der Waals surface area contributed by atoms with Crippen molar-refractivity contribution in [1.82, 2.24) is 10.2 Å². The van der Waals surface area contributed by atoms with Crippen LogP contribution in [-0.4, -0.2) is 48.3 Å². The number of nitrogens with zero attached hydrogens (tertiary/aromatic N) is 1. The number of ether oxygens (including phenoxy) is 1. The van der Waals surface area contributed by atoms with Gasteiger partial charge in [-0.15, -0.1) is 11.6 Å². The van der Waals surface area contributed by atoms with Gasteiger partial charge in [-0.2, -0.15) is 0 Å². The summed E-state index contributed by atoms with van der Waals surface area (Å²) in [4.78, 5) is 25.9. The standard InChI is InChI=1S/C19H27ClN2O3/c1-14-5-6-17(12-15(14)2)25-13-18(23)21-16-7-10-22(11-8-16)19(24)4-3-9-20/h5-6,12,16H,3-4,7-11,13H2,1-2H3,(H,21,23). The van der Waals surface area contributed by atoms with Gasteiger partial charge in [0, 0.05) is 31.4 Å². The van der Waals surface area contributed by atoms with Crippen molar-refractivity contribution in [1.29, 1.82) is 0 Å². The topological polar surface area (TPSA) is 58.6 Å². The van der Waals surface area contributed by atoms with Crippen LogP contribution in [0.3, 0.4) is 0 Å². The quantitative estimate of drug-likeness (QED) is 0.755. The number of hydrogen-bond donors (Lipinski definition) is 1. The van der Waals surface area contributed by atoms with Crippen molar-refractivity contribution in [3.63, 3.8) is 0 Å². The Morgan fingerprint density at radius 3 is 2.60 bits per heavy atom. The van der Waals surface area contributed by atoms with Gasteiger partial charge in [-0.05, 0) is 56.4 Å². The van der Waals surface area contributed by atoms with Crippen LogP contribution in [0.5, 0.6) is 5.75 Å². The minimum absolute atomic E-state index is 0.0113. The summed E-state index contributed by atoms with van der Waals surface area (Å²) in [7, 11) is 0. The number of carbonyl (C=O) groups is 2. The molecule has 1 aliphatic rings. The van der Waals surface area contributed by atoms with Crippen LogP contribution < -0.4 is 10.1 Å². The van der Waals surface area contributed by atoms with Crippen molar-refractivity contribution in [3.05, 3.63) is 29.3 Å². The van der Waals surface area contributed by atoms with Gasteiger partial charge in [-0.1, -0.05) is 6.07 Å². The first-order valence-corrected chi connectivity index (χ1v) is 9.36. The number of nitrogens with one attached hydrogen (secondary N) is 1. The van der Waals surface area contributed by atoms with Gasteiger partial charge in [0.15, 0.2) is 6.61 Å². The van der Waals surface area contributed by atoms with Crippen molar-refractivity contribution in [2.24, 2.45) is 0 Å². The zero-order chi connectivity index (χ0) is 18.2. The molecule has 1 aliphatic heterocycles. The fourth-order valence-electron chi connectivity index (χ4n) is 2.87. The molecule has 0 atom stereocenters. The predicted molar refractivity (Wildman–Crippen MR) is 99.1 cm³/mol. The lowest BCUT2D eigenvalue weighted by molar-refractivity contribution is -0.132. The van der Waals surface area contributed by atoms with Crippen LogP contribution in [0.4, 0.5) is 0 Å². The second-order valence-electron chi connectivity index (χ2n) is 6.55. The molecular weight excluding hydrogens is 340 g/mol. The van der Waals surface area contributed by atoms with Crippen molar-refractivity contribution in [3.8, 4) is 5.75 Å². The van der Waals surface area contributed by atoms with Gasteiger partial charge in [-0.3, -0.25) is 9.59 Å². The maximum atomic E-state index is 12.1. The van der Waals surface area contributed by atoms with E-state index < -0.39 is 0 Å². The molecule has 1 saturated heterocycles. The van der Waals surface area contributed by atoms with Crippen molar-refractivity contribution >= 4 is 23.4 Å². The van der Waals surface area contributed by atoms with Crippen LogP contribution in [0.2, 0.25) is 0 Å². The minimum atomic E-state index is -0.120. The number of amides is 2. The lowest BCUT2D eigenvalue weighted by Crippen LogP contribution is -2.47. The second-order valence-corrected chi connectivity index (χ2v) is 6.93. The third-order valence-electron chi connectivity index (χ3n) is 4.59. The van der Waals surface area contributed by atoms with Crippen LogP contribution in [-0.2, 0) is 9.59 Å². The Morgan fingerprint density at radius 1 is 1.24 bits per heavy atom. The van der Waals surface area contributed by atoms with E-state index in [1.165, 1.54) is 5.56 Å². The monoisotopic (exact) mass is 366 g/mol. The molecule has 0 unspecified atom stereocenters. The number of halogens is 1. The molecule has 0 saturated carbocycles. The lowest BCUT2D eigenvalue weighted by atomic mass is 10.0. The largest absolute Gasteiger partial charge is 0.484 e. The maximum Gasteiger partial charge on any atom is 0.258 e. The van der Waals surface area contributed by atoms with Crippen LogP contribution in [0, 0.1) is 13.8 Å². The van der Waals surface area contributed by atoms with Gasteiger partial charge in [0.1, 0.15) is 5.75 Å². The molecule has 138 valence electrons. The van der Waals surface area contributed by atoms with Gasteiger partial charge < -0.3 is 15.0 Å². The van der Waals surface area contributed by atoms with Crippen LogP contribution >= 0.6 is 11.6 Å². The smallest absolute Gasteiger partial charge is 0.258 e. The van der Waals surface area contributed by atoms with E-state index in [2.05, 4.69) is 5.32 Å². The van der Waals surface area contributed by atoms with Gasteiger partial charge in [0.2, 0.25) is 5.91 Å². The Kier molecular flexibility index (Phi) is 7.56. The lowest BCUT2D eigenvalue weighted by Gasteiger charge is -2.32. The molecule has 6 heteroatoms. The number of aryl methyl sites for hydroxylation is 2. The minimum Gasteiger partial charge on any atom is -0.484 e. The summed E-state index contributed by atoms with van der Waals surface area (Å²) in [6.45, 7) is 5.44. The van der Waals surface area contributed by atoms with E-state index >= 15 is 0 Å². The number of likely N-dealkylation sites (tertiary alicyclic amines) is 1. The van der Waals surface area contributed by atoms with E-state index in [0.717, 1.165) is 18.4 Å². The average Bonchev–Trinajstić information content (AvgIpc) is 2.61. The molecular formula is C19H27ClN2O3. The first-order chi connectivity index (χ1) is 12.0. The molecule has 25 heavy (non-hydrogen) atoms. The SMILES string of the molecule is Cc1ccc(OCC(=O)NC2CCN(C(=O)CCCCl)CC2)cc1C. The van der Waals surface area contributed by atoms with E-state index in [4.69, 9.17) is 16.3 Å². The summed E-state index contributed by atoms with van der Waals surface area (Å²) in [5, 5.41) is 2.99. The van der Waals surface area contributed by atoms with Crippen LogP contribution in [0.25, 0.3) is 0 Å². The Balaban J connectivity index is 1.69. The van der Waals surface area contributed by atoms with E-state index in [1.54, 1.807) is 0 Å². The Morgan fingerprint density at radius 2 is 1.96 bits per heavy atom. The summed E-state index contributed by atoms with van der Waals surface area (Å²) in [6, 6.07) is 5.90. The van der Waals surface area contributed by atoms with Gasteiger partial charge >= 0.3 is 0 Å². The zero-order valence-electron chi connectivity index (χ0n) is 15.0. The molecule has 1 heterocycles. The number of hydrogen-bond acceptors (Lipinski definition) is 3. The average molecular weight is 367 g/mol. The number of alkyl halides is 1. The molecule has 1 N–H and O–H groups in total. The fourth-order valence-corrected chi connectivity index (χ4v) is 3.00. The highest BCUT2D eigenvalue weighted by Gasteiger charge is 2.23. The van der Waals surface area contributed by atoms with E-state index in [0.29, 0.717) is 37.6 Å². The Hall–Kier alpha value is -1.75. The molecule has 1 aromatic rings. The van der Waals surface area contributed by atoms with E-state index in [-0.39, 0.29) is 24.5 Å². The van der Waals surface area contributed by atoms with Gasteiger partial charge in [0.25, 0.3) is 5.91 Å². The second kappa shape index (κ2) is 9.66. The van der Waals surface area contributed by atoms with E-state index in [1.807, 2.05) is 36.9 Å². The Labute approximate surface area is 154 Å². The number of benzene rings is 1.